The van der Waals surface area contributed by atoms with E-state index in [1.807, 2.05) is 53.6 Å². The van der Waals surface area contributed by atoms with Crippen molar-refractivity contribution in [2.24, 2.45) is 0 Å². The third kappa shape index (κ3) is 4.04. The predicted octanol–water partition coefficient (Wildman–Crippen LogP) is 3.62. The Bertz CT molecular complexity index is 1060. The first-order valence-electron chi connectivity index (χ1n) is 11.0. The molecular weight excluding hydrogens is 405 g/mol. The average molecular weight is 432 g/mol. The number of aromatic nitrogens is 1. The molecule has 0 bridgehead atoms. The largest absolute Gasteiger partial charge is 0.361 e. The van der Waals surface area contributed by atoms with Crippen molar-refractivity contribution in [3.8, 4) is 0 Å². The molecule has 1 amide bonds. The molecule has 0 N–H and O–H groups in total. The first-order valence-corrected chi connectivity index (χ1v) is 11.0. The van der Waals surface area contributed by atoms with Gasteiger partial charge in [0.1, 0.15) is 5.82 Å². The van der Waals surface area contributed by atoms with E-state index in [2.05, 4.69) is 9.88 Å². The summed E-state index contributed by atoms with van der Waals surface area (Å²) in [5.41, 5.74) is 2.18. The van der Waals surface area contributed by atoms with Crippen molar-refractivity contribution in [3.05, 3.63) is 102 Å². The van der Waals surface area contributed by atoms with Gasteiger partial charge in [-0.3, -0.25) is 14.7 Å². The molecule has 0 radical (unpaired) electrons. The molecule has 3 heterocycles. The van der Waals surface area contributed by atoms with Crippen molar-refractivity contribution in [2.45, 2.75) is 24.6 Å². The van der Waals surface area contributed by atoms with Gasteiger partial charge < -0.3 is 9.64 Å². The van der Waals surface area contributed by atoms with Gasteiger partial charge in [0.15, 0.2) is 5.60 Å². The molecule has 1 aromatic heterocycles. The Hall–Kier alpha value is -3.09. The van der Waals surface area contributed by atoms with Crippen LogP contribution >= 0.6 is 0 Å². The second kappa shape index (κ2) is 8.81. The van der Waals surface area contributed by atoms with Gasteiger partial charge in [-0.05, 0) is 34.9 Å². The van der Waals surface area contributed by atoms with Crippen molar-refractivity contribution in [1.82, 2.24) is 14.8 Å². The fourth-order valence-electron chi connectivity index (χ4n) is 4.92. The Morgan fingerprint density at radius 1 is 1.00 bits per heavy atom. The lowest BCUT2D eigenvalue weighted by molar-refractivity contribution is -0.173. The molecule has 5 rings (SSSR count). The van der Waals surface area contributed by atoms with Crippen LogP contribution < -0.4 is 0 Å². The molecule has 2 aliphatic heterocycles. The highest BCUT2D eigenvalue weighted by Crippen LogP contribution is 2.42. The summed E-state index contributed by atoms with van der Waals surface area (Å²) in [6.07, 6.45) is 3.58. The molecule has 2 atom stereocenters. The summed E-state index contributed by atoms with van der Waals surface area (Å²) in [5, 5.41) is 0. The Balaban J connectivity index is 1.44. The number of pyridine rings is 1. The fraction of sp³-hybridized carbons (Fsp3) is 0.308. The molecule has 2 saturated heterocycles. The van der Waals surface area contributed by atoms with Crippen LogP contribution in [-0.4, -0.2) is 52.5 Å². The Morgan fingerprint density at radius 3 is 2.53 bits per heavy atom. The third-order valence-electron chi connectivity index (χ3n) is 6.45. The highest BCUT2D eigenvalue weighted by atomic mass is 19.1. The smallest absolute Gasteiger partial charge is 0.257 e. The number of morpholine rings is 1. The molecule has 2 aromatic carbocycles. The van der Waals surface area contributed by atoms with Crippen molar-refractivity contribution in [3.63, 3.8) is 0 Å². The van der Waals surface area contributed by atoms with Crippen LogP contribution in [0.15, 0.2) is 79.1 Å². The summed E-state index contributed by atoms with van der Waals surface area (Å²) in [6, 6.07) is 20.5. The van der Waals surface area contributed by atoms with Gasteiger partial charge in [-0.25, -0.2) is 4.39 Å². The van der Waals surface area contributed by atoms with E-state index in [9.17, 15) is 9.18 Å². The minimum absolute atomic E-state index is 0.0306. The van der Waals surface area contributed by atoms with Gasteiger partial charge in [-0.15, -0.1) is 0 Å². The minimum atomic E-state index is -0.948. The lowest BCUT2D eigenvalue weighted by Gasteiger charge is -2.42. The quantitative estimate of drug-likeness (QED) is 0.619. The van der Waals surface area contributed by atoms with E-state index in [1.54, 1.807) is 18.3 Å². The van der Waals surface area contributed by atoms with E-state index >= 15 is 0 Å². The lowest BCUT2D eigenvalue weighted by Crippen LogP contribution is -2.59. The molecule has 3 aromatic rings. The van der Waals surface area contributed by atoms with Gasteiger partial charge in [-0.2, -0.15) is 0 Å². The maximum atomic E-state index is 13.9. The van der Waals surface area contributed by atoms with Gasteiger partial charge in [0.05, 0.1) is 6.61 Å². The summed E-state index contributed by atoms with van der Waals surface area (Å²) >= 11 is 0. The molecule has 2 aliphatic rings. The summed E-state index contributed by atoms with van der Waals surface area (Å²) in [7, 11) is 0. The molecule has 0 saturated carbocycles. The topological polar surface area (TPSA) is 45.7 Å². The van der Waals surface area contributed by atoms with Crippen LogP contribution in [0.2, 0.25) is 0 Å². The minimum Gasteiger partial charge on any atom is -0.361 e. The van der Waals surface area contributed by atoms with E-state index in [1.165, 1.54) is 12.1 Å². The van der Waals surface area contributed by atoms with Crippen LogP contribution in [0.25, 0.3) is 0 Å². The zero-order valence-electron chi connectivity index (χ0n) is 17.9. The maximum Gasteiger partial charge on any atom is 0.257 e. The van der Waals surface area contributed by atoms with Crippen molar-refractivity contribution in [2.75, 3.05) is 26.2 Å². The Kier molecular flexibility index (Phi) is 5.72. The first kappa shape index (κ1) is 20.8. The number of hydrogen-bond donors (Lipinski definition) is 0. The number of halogens is 1. The summed E-state index contributed by atoms with van der Waals surface area (Å²) in [6.45, 7) is 3.45. The Morgan fingerprint density at radius 2 is 1.78 bits per heavy atom. The molecule has 32 heavy (non-hydrogen) atoms. The number of hydrogen-bond acceptors (Lipinski definition) is 4. The van der Waals surface area contributed by atoms with E-state index < -0.39 is 5.60 Å². The van der Waals surface area contributed by atoms with E-state index in [-0.39, 0.29) is 17.6 Å². The summed E-state index contributed by atoms with van der Waals surface area (Å²) in [5.74, 6) is -0.340. The third-order valence-corrected chi connectivity index (χ3v) is 6.45. The predicted molar refractivity (Wildman–Crippen MR) is 119 cm³/mol. The van der Waals surface area contributed by atoms with E-state index in [4.69, 9.17) is 4.74 Å². The number of nitrogens with zero attached hydrogens (tertiary/aromatic N) is 3. The van der Waals surface area contributed by atoms with Gasteiger partial charge in [0.25, 0.3) is 5.91 Å². The lowest BCUT2D eigenvalue weighted by atomic mass is 9.83. The van der Waals surface area contributed by atoms with Crippen LogP contribution in [0.3, 0.4) is 0 Å². The standard InChI is InChI=1S/C26H26FN3O2/c27-23-10-8-21(9-11-23)16-29-18-24(22-7-4-12-28-15-22)26(19-29)25(31)30(13-14-32-26)17-20-5-2-1-3-6-20/h1-12,15,24H,13-14,16-19H2/t24-,26+/m1/s1. The number of rotatable bonds is 5. The first-order chi connectivity index (χ1) is 15.6. The van der Waals surface area contributed by atoms with E-state index in [0.29, 0.717) is 39.3 Å². The van der Waals surface area contributed by atoms with Crippen molar-refractivity contribution >= 4 is 5.91 Å². The monoisotopic (exact) mass is 431 g/mol. The zero-order valence-corrected chi connectivity index (χ0v) is 17.9. The van der Waals surface area contributed by atoms with Gasteiger partial charge in [0.2, 0.25) is 0 Å². The number of benzene rings is 2. The number of likely N-dealkylation sites (tertiary alicyclic amines) is 1. The van der Waals surface area contributed by atoms with E-state index in [0.717, 1.165) is 16.7 Å². The highest BCUT2D eigenvalue weighted by Gasteiger charge is 2.56. The van der Waals surface area contributed by atoms with Crippen LogP contribution in [0.5, 0.6) is 0 Å². The SMILES string of the molecule is O=C1N(Cc2ccccc2)CCO[C@]12CN(Cc1ccc(F)cc1)C[C@@H]2c1cccnc1. The second-order valence-corrected chi connectivity index (χ2v) is 8.59. The van der Waals surface area contributed by atoms with Gasteiger partial charge in [0, 0.05) is 51.0 Å². The van der Waals surface area contributed by atoms with Crippen LogP contribution in [0, 0.1) is 5.82 Å². The fourth-order valence-corrected chi connectivity index (χ4v) is 4.92. The number of ether oxygens (including phenoxy) is 1. The van der Waals surface area contributed by atoms with Gasteiger partial charge >= 0.3 is 0 Å². The molecular formula is C26H26FN3O2. The summed E-state index contributed by atoms with van der Waals surface area (Å²) in [4.78, 5) is 22.3. The molecule has 0 aliphatic carbocycles. The Labute approximate surface area is 187 Å². The van der Waals surface area contributed by atoms with Crippen LogP contribution in [-0.2, 0) is 22.6 Å². The number of carbonyl (C=O) groups excluding carboxylic acids is 1. The summed E-state index contributed by atoms with van der Waals surface area (Å²) < 4.78 is 19.7. The molecule has 2 fully saturated rings. The molecule has 0 unspecified atom stereocenters. The molecule has 6 heteroatoms. The number of amides is 1. The molecule has 5 nitrogen and oxygen atoms in total. The number of carbonyl (C=O) groups is 1. The average Bonchev–Trinajstić information content (AvgIpc) is 3.18. The van der Waals surface area contributed by atoms with Gasteiger partial charge in [-0.1, -0.05) is 48.5 Å². The highest BCUT2D eigenvalue weighted by molar-refractivity contribution is 5.88. The van der Waals surface area contributed by atoms with Crippen molar-refractivity contribution < 1.29 is 13.9 Å². The van der Waals surface area contributed by atoms with Crippen molar-refractivity contribution in [1.29, 1.82) is 0 Å². The molecule has 1 spiro atoms. The normalized spacial score (nSPS) is 23.7. The zero-order chi connectivity index (χ0) is 22.0. The molecule has 164 valence electrons. The second-order valence-electron chi connectivity index (χ2n) is 8.59. The van der Waals surface area contributed by atoms with Crippen LogP contribution in [0.4, 0.5) is 4.39 Å². The maximum absolute atomic E-state index is 13.9. The van der Waals surface area contributed by atoms with Crippen LogP contribution in [0.1, 0.15) is 22.6 Å².